The second-order valence-electron chi connectivity index (χ2n) is 10.6. The molecule has 0 unspecified atom stereocenters. The molecule has 0 radical (unpaired) electrons. The fourth-order valence-corrected chi connectivity index (χ4v) is 5.51. The smallest absolute Gasteiger partial charge is 1.00 e. The van der Waals surface area contributed by atoms with Gasteiger partial charge in [-0.3, -0.25) is 0 Å². The minimum atomic E-state index is -0.961. The van der Waals surface area contributed by atoms with E-state index in [9.17, 15) is 9.90 Å². The quantitative estimate of drug-likeness (QED) is 0.191. The van der Waals surface area contributed by atoms with Crippen LogP contribution in [0.3, 0.4) is 0 Å². The summed E-state index contributed by atoms with van der Waals surface area (Å²) in [5, 5.41) is 11.6. The number of hydrogen-bond acceptors (Lipinski definition) is 6. The van der Waals surface area contributed by atoms with Crippen LogP contribution in [0.2, 0.25) is 0 Å². The number of carbonyl (C=O) groups is 1. The number of aromatic nitrogens is 2. The maximum Gasteiger partial charge on any atom is 1.00 e. The Labute approximate surface area is 285 Å². The van der Waals surface area contributed by atoms with Crippen LogP contribution >= 0.6 is 0 Å². The second kappa shape index (κ2) is 14.2. The summed E-state index contributed by atoms with van der Waals surface area (Å²) >= 11 is 0. The summed E-state index contributed by atoms with van der Waals surface area (Å²) in [5.74, 6) is 2.09. The molecule has 2 heterocycles. The van der Waals surface area contributed by atoms with E-state index in [1.165, 1.54) is 0 Å². The van der Waals surface area contributed by atoms with Crippen molar-refractivity contribution in [3.05, 3.63) is 108 Å². The zero-order chi connectivity index (χ0) is 30.6. The third kappa shape index (κ3) is 6.73. The minimum Gasteiger partial charge on any atom is -1.00 e. The molecule has 1 atom stereocenters. The molecule has 0 amide bonds. The van der Waals surface area contributed by atoms with Gasteiger partial charge in [0.15, 0.2) is 17.6 Å². The fraction of sp³-hybridized carbons (Fsp3) is 0.222. The van der Waals surface area contributed by atoms with Crippen molar-refractivity contribution in [1.29, 1.82) is 0 Å². The average Bonchev–Trinajstić information content (AvgIpc) is 3.58. The monoisotopic (exact) mass is 614 g/mol. The first-order valence-corrected chi connectivity index (χ1v) is 14.7. The van der Waals surface area contributed by atoms with Crippen LogP contribution < -0.4 is 43.8 Å². The molecular weight excluding hydrogens is 579 g/mol. The van der Waals surface area contributed by atoms with E-state index < -0.39 is 12.1 Å². The van der Waals surface area contributed by atoms with Gasteiger partial charge in [0.2, 0.25) is 5.89 Å². The van der Waals surface area contributed by atoms with Gasteiger partial charge in [-0.25, -0.2) is 9.78 Å². The molecule has 0 fully saturated rings. The van der Waals surface area contributed by atoms with Gasteiger partial charge in [-0.1, -0.05) is 61.9 Å². The first-order chi connectivity index (χ1) is 21.5. The molecule has 0 saturated heterocycles. The molecule has 0 saturated carbocycles. The topological polar surface area (TPSA) is 96.0 Å². The van der Waals surface area contributed by atoms with Gasteiger partial charge in [-0.05, 0) is 61.4 Å². The van der Waals surface area contributed by atoms with Crippen LogP contribution in [0, 0.1) is 6.92 Å². The predicted molar refractivity (Wildman–Crippen MR) is 171 cm³/mol. The van der Waals surface area contributed by atoms with E-state index in [1.807, 2.05) is 98.8 Å². The van der Waals surface area contributed by atoms with Gasteiger partial charge in [0, 0.05) is 28.4 Å². The number of nitrogens with zero attached hydrogens (tertiary/aromatic N) is 2. The van der Waals surface area contributed by atoms with Crippen molar-refractivity contribution in [3.8, 4) is 28.7 Å². The minimum absolute atomic E-state index is 0. The number of para-hydroxylation sites is 1. The molecule has 6 rings (SSSR count). The summed E-state index contributed by atoms with van der Waals surface area (Å²) in [6, 6.07) is 29.6. The van der Waals surface area contributed by atoms with Crippen LogP contribution in [-0.4, -0.2) is 33.8 Å². The first-order valence-electron chi connectivity index (χ1n) is 14.7. The van der Waals surface area contributed by atoms with Crippen LogP contribution in [-0.2, 0) is 17.9 Å². The van der Waals surface area contributed by atoms with E-state index in [2.05, 4.69) is 15.6 Å². The van der Waals surface area contributed by atoms with Crippen LogP contribution in [0.5, 0.6) is 17.2 Å². The molecule has 0 aliphatic carbocycles. The number of ether oxygens (including phenoxy) is 3. The van der Waals surface area contributed by atoms with Crippen molar-refractivity contribution in [3.63, 3.8) is 0 Å². The SMILES string of the molecule is CCC[C@@H](Oc1cccc2c1c1ccccc1n2Cc1ccc(OCc2nc(-c3ccccc3)oc2C)c(OC)c1)C(=O)O.[H-].[Na+]. The van der Waals surface area contributed by atoms with Crippen LogP contribution in [0.25, 0.3) is 33.3 Å². The van der Waals surface area contributed by atoms with Gasteiger partial charge in [0.05, 0.1) is 12.6 Å². The third-order valence-corrected chi connectivity index (χ3v) is 7.70. The van der Waals surface area contributed by atoms with Gasteiger partial charge < -0.3 is 29.7 Å². The van der Waals surface area contributed by atoms with Gasteiger partial charge in [0.25, 0.3) is 0 Å². The standard InChI is InChI=1S/C36H34N2O6.Na.H/c1-4-11-32(36(39)40)44-31-17-10-16-29-34(31)26-14-8-9-15-28(26)38(29)21-24-18-19-30(33(20-24)41-3)42-22-27-23(2)43-35(37-27)25-12-6-5-7-13-25;;/h5-10,12-20,32H,4,11,21-22H2,1-3H3,(H,39,40);;/q;+1;-1/t32-;;/m1../s1. The Balaban J connectivity index is 0.00000240. The number of carboxylic acids is 1. The second-order valence-corrected chi connectivity index (χ2v) is 10.6. The summed E-state index contributed by atoms with van der Waals surface area (Å²) in [5.41, 5.74) is 4.63. The third-order valence-electron chi connectivity index (χ3n) is 7.70. The first kappa shape index (κ1) is 32.2. The van der Waals surface area contributed by atoms with Gasteiger partial charge >= 0.3 is 35.5 Å². The zero-order valence-electron chi connectivity index (χ0n) is 26.9. The Morgan fingerprint density at radius 2 is 1.71 bits per heavy atom. The van der Waals surface area contributed by atoms with Gasteiger partial charge in [0.1, 0.15) is 23.8 Å². The molecule has 226 valence electrons. The maximum absolute atomic E-state index is 11.9. The summed E-state index contributed by atoms with van der Waals surface area (Å²) in [6.07, 6.45) is 0.238. The van der Waals surface area contributed by atoms with Gasteiger partial charge in [-0.2, -0.15) is 0 Å². The van der Waals surface area contributed by atoms with Crippen molar-refractivity contribution in [2.24, 2.45) is 0 Å². The van der Waals surface area contributed by atoms with Crippen molar-refractivity contribution < 1.29 is 59.5 Å². The van der Waals surface area contributed by atoms with E-state index in [4.69, 9.17) is 18.6 Å². The number of benzene rings is 4. The Morgan fingerprint density at radius 1 is 0.956 bits per heavy atom. The van der Waals surface area contributed by atoms with Crippen LogP contribution in [0.1, 0.15) is 38.2 Å². The summed E-state index contributed by atoms with van der Waals surface area (Å²) in [6.45, 7) is 4.63. The van der Waals surface area contributed by atoms with Crippen LogP contribution in [0.15, 0.2) is 95.4 Å². The van der Waals surface area contributed by atoms with E-state index in [0.717, 1.165) is 38.6 Å². The molecular formula is C36H35N2NaO6. The molecule has 6 aromatic rings. The van der Waals surface area contributed by atoms with Crippen molar-refractivity contribution in [1.82, 2.24) is 9.55 Å². The number of rotatable bonds is 12. The molecule has 0 bridgehead atoms. The zero-order valence-corrected chi connectivity index (χ0v) is 27.9. The molecule has 8 nitrogen and oxygen atoms in total. The number of methoxy groups -OCH3 is 1. The van der Waals surface area contributed by atoms with E-state index in [0.29, 0.717) is 48.3 Å². The number of aliphatic carboxylic acids is 1. The maximum atomic E-state index is 11.9. The number of hydrogen-bond donors (Lipinski definition) is 1. The number of fused-ring (bicyclic) bond motifs is 3. The van der Waals surface area contributed by atoms with Crippen molar-refractivity contribution in [2.45, 2.75) is 45.9 Å². The van der Waals surface area contributed by atoms with Crippen molar-refractivity contribution in [2.75, 3.05) is 7.11 Å². The Bertz CT molecular complexity index is 1940. The van der Waals surface area contributed by atoms with Crippen LogP contribution in [0.4, 0.5) is 0 Å². The van der Waals surface area contributed by atoms with E-state index in [-0.39, 0.29) is 37.6 Å². The van der Waals surface area contributed by atoms with Gasteiger partial charge in [-0.15, -0.1) is 0 Å². The average molecular weight is 615 g/mol. The molecule has 45 heavy (non-hydrogen) atoms. The summed E-state index contributed by atoms with van der Waals surface area (Å²) in [4.78, 5) is 16.5. The number of oxazole rings is 1. The Morgan fingerprint density at radius 3 is 2.47 bits per heavy atom. The number of aryl methyl sites for hydroxylation is 1. The molecule has 0 aliphatic rings. The molecule has 9 heteroatoms. The summed E-state index contributed by atoms with van der Waals surface area (Å²) in [7, 11) is 1.63. The van der Waals surface area contributed by atoms with Crippen molar-refractivity contribution >= 4 is 27.8 Å². The van der Waals surface area contributed by atoms with E-state index >= 15 is 0 Å². The number of carboxylic acid groups (broad SMARTS) is 1. The molecule has 1 N–H and O–H groups in total. The fourth-order valence-electron chi connectivity index (χ4n) is 5.51. The largest absolute Gasteiger partial charge is 1.00 e. The molecule has 2 aromatic heterocycles. The van der Waals surface area contributed by atoms with E-state index in [1.54, 1.807) is 7.11 Å². The molecule has 0 spiro atoms. The molecule has 4 aromatic carbocycles. The predicted octanol–water partition coefficient (Wildman–Crippen LogP) is 5.14. The summed E-state index contributed by atoms with van der Waals surface area (Å²) < 4.78 is 26.1. The molecule has 0 aliphatic heterocycles. The normalized spacial score (nSPS) is 11.7. The Kier molecular flexibility index (Phi) is 10.2. The Hall–Kier alpha value is -4.24.